The maximum atomic E-state index is 12.7. The molecular formula is C14H18ClNO4S. The Morgan fingerprint density at radius 1 is 1.38 bits per heavy atom. The van der Waals surface area contributed by atoms with Crippen LogP contribution in [0, 0.1) is 18.8 Å². The van der Waals surface area contributed by atoms with Crippen LogP contribution in [0.5, 0.6) is 0 Å². The summed E-state index contributed by atoms with van der Waals surface area (Å²) in [6.45, 7) is 3.95. The van der Waals surface area contributed by atoms with Crippen LogP contribution in [-0.2, 0) is 14.8 Å². The van der Waals surface area contributed by atoms with Crippen LogP contribution in [0.25, 0.3) is 0 Å². The number of sulfonamides is 1. The topological polar surface area (TPSA) is 74.7 Å². The van der Waals surface area contributed by atoms with Gasteiger partial charge in [-0.25, -0.2) is 8.42 Å². The fraction of sp³-hybridized carbons (Fsp3) is 0.500. The van der Waals surface area contributed by atoms with Crippen LogP contribution in [0.2, 0.25) is 5.02 Å². The number of carbonyl (C=O) groups is 1. The summed E-state index contributed by atoms with van der Waals surface area (Å²) in [6, 6.07) is 4.80. The third-order valence-electron chi connectivity index (χ3n) is 3.68. The number of aryl methyl sites for hydroxylation is 1. The molecule has 1 aromatic rings. The molecule has 1 saturated heterocycles. The van der Waals surface area contributed by atoms with Crippen LogP contribution < -0.4 is 0 Å². The van der Waals surface area contributed by atoms with Crippen molar-refractivity contribution in [1.82, 2.24) is 4.31 Å². The van der Waals surface area contributed by atoms with E-state index in [2.05, 4.69) is 0 Å². The first-order valence-electron chi connectivity index (χ1n) is 6.71. The van der Waals surface area contributed by atoms with E-state index in [1.807, 2.05) is 6.92 Å². The highest BCUT2D eigenvalue weighted by Crippen LogP contribution is 2.30. The first-order chi connectivity index (χ1) is 9.71. The minimum absolute atomic E-state index is 0.00166. The van der Waals surface area contributed by atoms with Crippen molar-refractivity contribution in [1.29, 1.82) is 0 Å². The van der Waals surface area contributed by atoms with Gasteiger partial charge in [0.05, 0.1) is 10.9 Å². The highest BCUT2D eigenvalue weighted by molar-refractivity contribution is 7.89. The molecule has 7 heteroatoms. The lowest BCUT2D eigenvalue weighted by atomic mass is 9.92. The van der Waals surface area contributed by atoms with Gasteiger partial charge in [-0.15, -0.1) is 0 Å². The van der Waals surface area contributed by atoms with Crippen LogP contribution in [-0.4, -0.2) is 36.9 Å². The minimum atomic E-state index is -3.78. The Labute approximate surface area is 129 Å². The number of benzene rings is 1. The molecule has 21 heavy (non-hydrogen) atoms. The predicted molar refractivity (Wildman–Crippen MR) is 79.9 cm³/mol. The fourth-order valence-electron chi connectivity index (χ4n) is 2.63. The molecule has 0 aromatic heterocycles. The van der Waals surface area contributed by atoms with E-state index in [0.29, 0.717) is 13.0 Å². The van der Waals surface area contributed by atoms with Crippen molar-refractivity contribution in [2.24, 2.45) is 11.8 Å². The molecule has 5 nitrogen and oxygen atoms in total. The highest BCUT2D eigenvalue weighted by atomic mass is 35.5. The fourth-order valence-corrected chi connectivity index (χ4v) is 4.79. The van der Waals surface area contributed by atoms with Crippen molar-refractivity contribution in [3.63, 3.8) is 0 Å². The second-order valence-electron chi connectivity index (χ2n) is 5.63. The van der Waals surface area contributed by atoms with E-state index in [4.69, 9.17) is 16.7 Å². The van der Waals surface area contributed by atoms with Crippen molar-refractivity contribution >= 4 is 27.6 Å². The molecular weight excluding hydrogens is 314 g/mol. The average Bonchev–Trinajstić information content (AvgIpc) is 2.40. The smallest absolute Gasteiger partial charge is 0.307 e. The zero-order valence-corrected chi connectivity index (χ0v) is 13.5. The molecule has 0 aliphatic carbocycles. The SMILES string of the molecule is Cc1ccc(Cl)c(S(=O)(=O)N2CC(C)CC(C(=O)O)C2)c1. The molecule has 0 bridgehead atoms. The standard InChI is InChI=1S/C14H18ClNO4S/c1-9-3-4-12(15)13(6-9)21(19,20)16-7-10(2)5-11(8-16)14(17)18/h3-4,6,10-11H,5,7-8H2,1-2H3,(H,17,18). The zero-order chi connectivity index (χ0) is 15.8. The van der Waals surface area contributed by atoms with Crippen LogP contribution in [0.15, 0.2) is 23.1 Å². The number of hydrogen-bond acceptors (Lipinski definition) is 3. The summed E-state index contributed by atoms with van der Waals surface area (Å²) < 4.78 is 26.7. The molecule has 1 aliphatic heterocycles. The van der Waals surface area contributed by atoms with E-state index in [-0.39, 0.29) is 22.4 Å². The maximum absolute atomic E-state index is 12.7. The van der Waals surface area contributed by atoms with E-state index < -0.39 is 21.9 Å². The van der Waals surface area contributed by atoms with Gasteiger partial charge in [-0.3, -0.25) is 4.79 Å². The van der Waals surface area contributed by atoms with Gasteiger partial charge in [0.15, 0.2) is 0 Å². The summed E-state index contributed by atoms with van der Waals surface area (Å²) in [4.78, 5) is 11.2. The Balaban J connectivity index is 2.38. The number of rotatable bonds is 3. The number of hydrogen-bond donors (Lipinski definition) is 1. The summed E-state index contributed by atoms with van der Waals surface area (Å²) in [5.41, 5.74) is 0.790. The summed E-state index contributed by atoms with van der Waals surface area (Å²) >= 11 is 6.01. The van der Waals surface area contributed by atoms with E-state index in [1.54, 1.807) is 19.1 Å². The molecule has 116 valence electrons. The van der Waals surface area contributed by atoms with Crippen LogP contribution in [0.1, 0.15) is 18.9 Å². The molecule has 1 aliphatic rings. The molecule has 2 atom stereocenters. The number of carboxylic acid groups (broad SMARTS) is 1. The summed E-state index contributed by atoms with van der Waals surface area (Å²) in [7, 11) is -3.78. The normalized spacial score (nSPS) is 24.0. The molecule has 2 rings (SSSR count). The molecule has 2 unspecified atom stereocenters. The lowest BCUT2D eigenvalue weighted by Crippen LogP contribution is -2.45. The molecule has 0 spiro atoms. The Hall–Kier alpha value is -1.11. The monoisotopic (exact) mass is 331 g/mol. The molecule has 0 saturated carbocycles. The van der Waals surface area contributed by atoms with Gasteiger partial charge < -0.3 is 5.11 Å². The van der Waals surface area contributed by atoms with Gasteiger partial charge in [-0.1, -0.05) is 24.6 Å². The van der Waals surface area contributed by atoms with Gasteiger partial charge in [-0.2, -0.15) is 4.31 Å². The lowest BCUT2D eigenvalue weighted by molar-refractivity contribution is -0.143. The third kappa shape index (κ3) is 3.39. The van der Waals surface area contributed by atoms with Gasteiger partial charge >= 0.3 is 5.97 Å². The second kappa shape index (κ2) is 5.94. The van der Waals surface area contributed by atoms with Crippen molar-refractivity contribution in [3.8, 4) is 0 Å². The van der Waals surface area contributed by atoms with E-state index in [9.17, 15) is 13.2 Å². The third-order valence-corrected chi connectivity index (χ3v) is 5.99. The van der Waals surface area contributed by atoms with Crippen molar-refractivity contribution in [3.05, 3.63) is 28.8 Å². The van der Waals surface area contributed by atoms with Gasteiger partial charge in [0.2, 0.25) is 10.0 Å². The quantitative estimate of drug-likeness (QED) is 0.922. The Bertz CT molecular complexity index is 659. The largest absolute Gasteiger partial charge is 0.481 e. The highest BCUT2D eigenvalue weighted by Gasteiger charge is 2.36. The molecule has 1 N–H and O–H groups in total. The zero-order valence-electron chi connectivity index (χ0n) is 11.9. The molecule has 1 fully saturated rings. The van der Waals surface area contributed by atoms with Crippen LogP contribution >= 0.6 is 11.6 Å². The average molecular weight is 332 g/mol. The molecule has 1 aromatic carbocycles. The van der Waals surface area contributed by atoms with Crippen LogP contribution in [0.3, 0.4) is 0 Å². The van der Waals surface area contributed by atoms with E-state index in [1.165, 1.54) is 10.4 Å². The van der Waals surface area contributed by atoms with E-state index >= 15 is 0 Å². The number of piperidine rings is 1. The van der Waals surface area contributed by atoms with Crippen molar-refractivity contribution in [2.45, 2.75) is 25.2 Å². The molecule has 0 amide bonds. The number of aliphatic carboxylic acids is 1. The molecule has 1 heterocycles. The van der Waals surface area contributed by atoms with Crippen molar-refractivity contribution in [2.75, 3.05) is 13.1 Å². The number of nitrogens with zero attached hydrogens (tertiary/aromatic N) is 1. The summed E-state index contributed by atoms with van der Waals surface area (Å²) in [6.07, 6.45) is 0.489. The lowest BCUT2D eigenvalue weighted by Gasteiger charge is -2.33. The van der Waals surface area contributed by atoms with Gasteiger partial charge in [0.25, 0.3) is 0 Å². The van der Waals surface area contributed by atoms with Gasteiger partial charge in [0.1, 0.15) is 4.90 Å². The first-order valence-corrected chi connectivity index (χ1v) is 8.52. The second-order valence-corrected chi connectivity index (χ2v) is 7.95. The minimum Gasteiger partial charge on any atom is -0.481 e. The Morgan fingerprint density at radius 3 is 2.67 bits per heavy atom. The summed E-state index contributed by atoms with van der Waals surface area (Å²) in [5, 5.41) is 9.32. The summed E-state index contributed by atoms with van der Waals surface area (Å²) in [5.74, 6) is -1.64. The van der Waals surface area contributed by atoms with Gasteiger partial charge in [-0.05, 0) is 37.0 Å². The van der Waals surface area contributed by atoms with E-state index in [0.717, 1.165) is 5.56 Å². The maximum Gasteiger partial charge on any atom is 0.307 e. The number of halogens is 1. The van der Waals surface area contributed by atoms with Gasteiger partial charge in [0, 0.05) is 13.1 Å². The van der Waals surface area contributed by atoms with Crippen LogP contribution in [0.4, 0.5) is 0 Å². The molecule has 0 radical (unpaired) electrons. The van der Waals surface area contributed by atoms with Crippen molar-refractivity contribution < 1.29 is 18.3 Å². The predicted octanol–water partition coefficient (Wildman–Crippen LogP) is 2.38. The number of carboxylic acids is 1. The first kappa shape index (κ1) is 16.3. The Morgan fingerprint density at radius 2 is 2.05 bits per heavy atom. The Kier molecular flexibility index (Phi) is 4.60.